The van der Waals surface area contributed by atoms with Crippen molar-refractivity contribution in [3.63, 3.8) is 0 Å². The molecule has 0 heterocycles. The van der Waals surface area contributed by atoms with Crippen LogP contribution in [0.2, 0.25) is 0 Å². The first-order valence-corrected chi connectivity index (χ1v) is 21.8. The third kappa shape index (κ3) is 38.9. The van der Waals surface area contributed by atoms with Gasteiger partial charge < -0.3 is 15.2 Å². The Bertz CT molecular complexity index is 782. The van der Waals surface area contributed by atoms with Gasteiger partial charge in [-0.05, 0) is 64.2 Å². The van der Waals surface area contributed by atoms with Crippen LogP contribution >= 0.6 is 0 Å². The number of esters is 1. The molecular weight excluding hydrogens is 622 g/mol. The monoisotopic (exact) mass is 706 g/mol. The number of carbonyl (C=O) groups excluding carboxylic acids is 2. The highest BCUT2D eigenvalue weighted by Crippen LogP contribution is 2.19. The molecule has 0 aromatic carbocycles. The van der Waals surface area contributed by atoms with Crippen LogP contribution in [0.15, 0.2) is 12.2 Å². The number of rotatable bonds is 40. The molecule has 50 heavy (non-hydrogen) atoms. The number of allylic oxidation sites excluding steroid dienone is 2. The van der Waals surface area contributed by atoms with E-state index in [9.17, 15) is 14.4 Å². The standard InChI is InChI=1S/C44H83NO5/c1-3-5-7-9-11-13-15-16-17-18-19-20-22-24-26-31-35-39-44(49)50-41(36-32-28-25-23-21-14-12-10-8-6-4-2)37-33-29-27-30-34-38-42(46)45-40-43(47)48/h16-17,41H,3-15,18-40H2,1-2H3,(H,45,46)(H,47,48)/b17-16-. The maximum absolute atomic E-state index is 12.7. The molecule has 0 rings (SSSR count). The van der Waals surface area contributed by atoms with Crippen LogP contribution in [-0.2, 0) is 19.1 Å². The quantitative estimate of drug-likeness (QED) is 0.0376. The van der Waals surface area contributed by atoms with Crippen LogP contribution in [0, 0.1) is 0 Å². The molecular formula is C44H83NO5. The topological polar surface area (TPSA) is 92.7 Å². The fraction of sp³-hybridized carbons (Fsp3) is 0.886. The minimum absolute atomic E-state index is 0.0156. The second kappa shape index (κ2) is 39.9. The van der Waals surface area contributed by atoms with E-state index in [1.54, 1.807) is 0 Å². The average molecular weight is 706 g/mol. The van der Waals surface area contributed by atoms with Crippen molar-refractivity contribution < 1.29 is 24.2 Å². The Labute approximate surface area is 310 Å². The fourth-order valence-corrected chi connectivity index (χ4v) is 6.69. The zero-order valence-electron chi connectivity index (χ0n) is 33.3. The third-order valence-electron chi connectivity index (χ3n) is 9.94. The van der Waals surface area contributed by atoms with Crippen molar-refractivity contribution in [2.75, 3.05) is 6.54 Å². The van der Waals surface area contributed by atoms with E-state index in [0.29, 0.717) is 12.8 Å². The summed E-state index contributed by atoms with van der Waals surface area (Å²) < 4.78 is 6.03. The van der Waals surface area contributed by atoms with E-state index in [4.69, 9.17) is 9.84 Å². The lowest BCUT2D eigenvalue weighted by Gasteiger charge is -2.18. The van der Waals surface area contributed by atoms with Crippen LogP contribution in [0.3, 0.4) is 0 Å². The van der Waals surface area contributed by atoms with Crippen molar-refractivity contribution in [1.29, 1.82) is 0 Å². The van der Waals surface area contributed by atoms with Crippen LogP contribution in [0.4, 0.5) is 0 Å². The van der Waals surface area contributed by atoms with Gasteiger partial charge in [0.1, 0.15) is 12.6 Å². The lowest BCUT2D eigenvalue weighted by Crippen LogP contribution is -2.28. The maximum Gasteiger partial charge on any atom is 0.322 e. The Morgan fingerprint density at radius 2 is 0.860 bits per heavy atom. The predicted octanol–water partition coefficient (Wildman–Crippen LogP) is 13.3. The number of carboxylic acid groups (broad SMARTS) is 1. The molecule has 1 atom stereocenters. The van der Waals surface area contributed by atoms with Crippen molar-refractivity contribution in [2.24, 2.45) is 0 Å². The first-order valence-electron chi connectivity index (χ1n) is 21.8. The van der Waals surface area contributed by atoms with Crippen LogP contribution in [0.1, 0.15) is 239 Å². The number of carbonyl (C=O) groups is 3. The van der Waals surface area contributed by atoms with Gasteiger partial charge in [0.2, 0.25) is 5.91 Å². The first kappa shape index (κ1) is 48.1. The van der Waals surface area contributed by atoms with Gasteiger partial charge in [-0.1, -0.05) is 174 Å². The zero-order chi connectivity index (χ0) is 36.6. The highest BCUT2D eigenvalue weighted by atomic mass is 16.5. The lowest BCUT2D eigenvalue weighted by molar-refractivity contribution is -0.150. The number of amides is 1. The van der Waals surface area contributed by atoms with E-state index in [0.717, 1.165) is 64.2 Å². The van der Waals surface area contributed by atoms with Gasteiger partial charge in [-0.15, -0.1) is 0 Å². The number of nitrogens with one attached hydrogen (secondary N) is 1. The fourth-order valence-electron chi connectivity index (χ4n) is 6.69. The van der Waals surface area contributed by atoms with E-state index < -0.39 is 5.97 Å². The molecule has 0 radical (unpaired) electrons. The van der Waals surface area contributed by atoms with Crippen molar-refractivity contribution in [1.82, 2.24) is 5.32 Å². The molecule has 0 aromatic rings. The van der Waals surface area contributed by atoms with E-state index >= 15 is 0 Å². The third-order valence-corrected chi connectivity index (χ3v) is 9.94. The summed E-state index contributed by atoms with van der Waals surface area (Å²) in [4.78, 5) is 35.0. The van der Waals surface area contributed by atoms with Crippen LogP contribution in [0.5, 0.6) is 0 Å². The maximum atomic E-state index is 12.7. The molecule has 0 aliphatic heterocycles. The molecule has 0 fully saturated rings. The van der Waals surface area contributed by atoms with E-state index in [1.807, 2.05) is 0 Å². The van der Waals surface area contributed by atoms with Gasteiger partial charge in [-0.2, -0.15) is 0 Å². The average Bonchev–Trinajstić information content (AvgIpc) is 3.10. The van der Waals surface area contributed by atoms with Crippen LogP contribution < -0.4 is 5.32 Å². The van der Waals surface area contributed by atoms with E-state index in [1.165, 1.54) is 148 Å². The SMILES string of the molecule is CCCCCCCC/C=C\CCCCCCCCCC(=O)OC(CCCCCCCCCCCCC)CCCCCCCC(=O)NCC(=O)O. The Morgan fingerprint density at radius 3 is 1.28 bits per heavy atom. The van der Waals surface area contributed by atoms with Crippen LogP contribution in [-0.4, -0.2) is 35.6 Å². The van der Waals surface area contributed by atoms with Crippen molar-refractivity contribution >= 4 is 17.8 Å². The smallest absolute Gasteiger partial charge is 0.322 e. The summed E-state index contributed by atoms with van der Waals surface area (Å²) in [6, 6.07) is 0. The molecule has 0 spiro atoms. The molecule has 1 unspecified atom stereocenters. The van der Waals surface area contributed by atoms with Crippen molar-refractivity contribution in [2.45, 2.75) is 245 Å². The van der Waals surface area contributed by atoms with Crippen molar-refractivity contribution in [3.05, 3.63) is 12.2 Å². The van der Waals surface area contributed by atoms with Crippen LogP contribution in [0.25, 0.3) is 0 Å². The largest absolute Gasteiger partial charge is 0.480 e. The molecule has 294 valence electrons. The Kier molecular flexibility index (Phi) is 38.5. The van der Waals surface area contributed by atoms with Gasteiger partial charge in [0.15, 0.2) is 0 Å². The summed E-state index contributed by atoms with van der Waals surface area (Å²) in [6.45, 7) is 4.23. The molecule has 6 nitrogen and oxygen atoms in total. The summed E-state index contributed by atoms with van der Waals surface area (Å²) in [5.74, 6) is -1.22. The number of hydrogen-bond acceptors (Lipinski definition) is 4. The van der Waals surface area contributed by atoms with Gasteiger partial charge >= 0.3 is 11.9 Å². The molecule has 0 aliphatic carbocycles. The molecule has 6 heteroatoms. The summed E-state index contributed by atoms with van der Waals surface area (Å²) in [6.07, 6.45) is 46.2. The second-order valence-electron chi connectivity index (χ2n) is 15.0. The highest BCUT2D eigenvalue weighted by Gasteiger charge is 2.14. The van der Waals surface area contributed by atoms with Gasteiger partial charge in [0.05, 0.1) is 0 Å². The summed E-state index contributed by atoms with van der Waals surface area (Å²) >= 11 is 0. The lowest BCUT2D eigenvalue weighted by atomic mass is 10.0. The Balaban J connectivity index is 4.10. The van der Waals surface area contributed by atoms with Gasteiger partial charge in [-0.25, -0.2) is 0 Å². The molecule has 0 bridgehead atoms. The van der Waals surface area contributed by atoms with E-state index in [2.05, 4.69) is 31.3 Å². The molecule has 0 saturated carbocycles. The number of hydrogen-bond donors (Lipinski definition) is 2. The first-order chi connectivity index (χ1) is 24.5. The molecule has 2 N–H and O–H groups in total. The number of aliphatic carboxylic acids is 1. The van der Waals surface area contributed by atoms with Gasteiger partial charge in [-0.3, -0.25) is 14.4 Å². The Morgan fingerprint density at radius 1 is 0.500 bits per heavy atom. The van der Waals surface area contributed by atoms with E-state index in [-0.39, 0.29) is 24.5 Å². The predicted molar refractivity (Wildman–Crippen MR) is 213 cm³/mol. The number of ether oxygens (including phenoxy) is 1. The normalized spacial score (nSPS) is 12.0. The minimum Gasteiger partial charge on any atom is -0.480 e. The highest BCUT2D eigenvalue weighted by molar-refractivity contribution is 5.80. The molecule has 0 aromatic heterocycles. The molecule has 1 amide bonds. The summed E-state index contributed by atoms with van der Waals surface area (Å²) in [7, 11) is 0. The number of unbranched alkanes of at least 4 members (excludes halogenated alkanes) is 27. The van der Waals surface area contributed by atoms with Gasteiger partial charge in [0.25, 0.3) is 0 Å². The van der Waals surface area contributed by atoms with Gasteiger partial charge in [0, 0.05) is 12.8 Å². The minimum atomic E-state index is -1.01. The van der Waals surface area contributed by atoms with Crippen molar-refractivity contribution in [3.8, 4) is 0 Å². The zero-order valence-corrected chi connectivity index (χ0v) is 33.3. The second-order valence-corrected chi connectivity index (χ2v) is 15.0. The summed E-state index contributed by atoms with van der Waals surface area (Å²) in [5.41, 5.74) is 0. The Hall–Kier alpha value is -1.85. The molecule has 0 aliphatic rings. The molecule has 0 saturated heterocycles. The summed E-state index contributed by atoms with van der Waals surface area (Å²) in [5, 5.41) is 11.1. The number of carboxylic acids is 1.